The zero-order valence-electron chi connectivity index (χ0n) is 14.9. The van der Waals surface area contributed by atoms with Crippen LogP contribution in [-0.2, 0) is 6.18 Å². The first-order valence-electron chi connectivity index (χ1n) is 8.41. The van der Waals surface area contributed by atoms with Crippen LogP contribution < -0.4 is 16.0 Å². The van der Waals surface area contributed by atoms with Gasteiger partial charge in [-0.3, -0.25) is 9.78 Å². The highest BCUT2D eigenvalue weighted by Gasteiger charge is 2.30. The smallest absolute Gasteiger partial charge is 0.416 e. The second kappa shape index (κ2) is 7.35. The van der Waals surface area contributed by atoms with Crippen molar-refractivity contribution in [1.82, 2.24) is 20.1 Å². The van der Waals surface area contributed by atoms with E-state index in [4.69, 9.17) is 9.26 Å². The van der Waals surface area contributed by atoms with Gasteiger partial charge >= 0.3 is 11.9 Å². The van der Waals surface area contributed by atoms with Crippen LogP contribution in [0.3, 0.4) is 0 Å². The van der Waals surface area contributed by atoms with Gasteiger partial charge in [-0.2, -0.15) is 18.2 Å². The molecule has 0 bridgehead atoms. The topological polar surface area (TPSA) is 114 Å². The molecule has 0 aliphatic carbocycles. The summed E-state index contributed by atoms with van der Waals surface area (Å²) in [5.41, 5.74) is -1.46. The molecule has 152 valence electrons. The lowest BCUT2D eigenvalue weighted by atomic mass is 10.2. The van der Waals surface area contributed by atoms with Gasteiger partial charge in [0.05, 0.1) is 5.56 Å². The largest absolute Gasteiger partial charge is 0.457 e. The lowest BCUT2D eigenvalue weighted by Gasteiger charge is -2.09. The number of hydrogen-bond donors (Lipinski definition) is 2. The van der Waals surface area contributed by atoms with Crippen LogP contribution in [-0.4, -0.2) is 20.1 Å². The minimum Gasteiger partial charge on any atom is -0.457 e. The summed E-state index contributed by atoms with van der Waals surface area (Å²) in [5, 5.41) is 3.80. The Morgan fingerprint density at radius 2 is 1.53 bits per heavy atom. The molecule has 8 nitrogen and oxygen atoms in total. The predicted molar refractivity (Wildman–Crippen MR) is 97.9 cm³/mol. The maximum atomic E-state index is 12.6. The van der Waals surface area contributed by atoms with Crippen molar-refractivity contribution in [2.24, 2.45) is 0 Å². The van der Waals surface area contributed by atoms with E-state index in [2.05, 4.69) is 15.1 Å². The molecule has 2 N–H and O–H groups in total. The average Bonchev–Trinajstić information content (AvgIpc) is 3.18. The Labute approximate surface area is 165 Å². The Kier molecular flexibility index (Phi) is 4.70. The van der Waals surface area contributed by atoms with Crippen molar-refractivity contribution in [3.05, 3.63) is 81.0 Å². The van der Waals surface area contributed by atoms with Crippen LogP contribution in [0.4, 0.5) is 13.2 Å². The quantitative estimate of drug-likeness (QED) is 0.526. The molecule has 11 heteroatoms. The Morgan fingerprint density at radius 3 is 2.13 bits per heavy atom. The maximum absolute atomic E-state index is 12.6. The molecule has 30 heavy (non-hydrogen) atoms. The first-order chi connectivity index (χ1) is 14.3. The minimum atomic E-state index is -4.41. The number of benzene rings is 2. The average molecular weight is 416 g/mol. The molecule has 0 amide bonds. The van der Waals surface area contributed by atoms with E-state index in [0.29, 0.717) is 11.3 Å². The van der Waals surface area contributed by atoms with Crippen molar-refractivity contribution in [2.75, 3.05) is 0 Å². The van der Waals surface area contributed by atoms with Gasteiger partial charge in [0.2, 0.25) is 5.82 Å². The summed E-state index contributed by atoms with van der Waals surface area (Å²) in [5.74, 6) is 0.794. The molecule has 0 spiro atoms. The number of ether oxygens (including phenoxy) is 1. The molecule has 4 aromatic rings. The van der Waals surface area contributed by atoms with Crippen LogP contribution in [0.2, 0.25) is 0 Å². The van der Waals surface area contributed by atoms with Crippen LogP contribution in [0.25, 0.3) is 23.0 Å². The molecule has 4 rings (SSSR count). The summed E-state index contributed by atoms with van der Waals surface area (Å²) < 4.78 is 48.4. The van der Waals surface area contributed by atoms with Crippen LogP contribution >= 0.6 is 0 Å². The maximum Gasteiger partial charge on any atom is 0.416 e. The fourth-order valence-corrected chi connectivity index (χ4v) is 2.55. The second-order valence-electron chi connectivity index (χ2n) is 6.07. The van der Waals surface area contributed by atoms with E-state index < -0.39 is 23.0 Å². The van der Waals surface area contributed by atoms with Crippen LogP contribution in [0.5, 0.6) is 11.5 Å². The highest BCUT2D eigenvalue weighted by molar-refractivity contribution is 5.58. The first kappa shape index (κ1) is 19.2. The number of aromatic amines is 2. The van der Waals surface area contributed by atoms with Crippen molar-refractivity contribution < 1.29 is 22.4 Å². The molecule has 2 aromatic carbocycles. The third-order valence-electron chi connectivity index (χ3n) is 3.95. The molecule has 0 aliphatic heterocycles. The standard InChI is InChI=1S/C19H11F3N4O4/c20-19(21,22)11-3-7-13(8-4-11)29-12-5-1-10(2-6-12)16-25-17(30-26-16)14-9-15(27)24-18(28)23-14/h1-9H,(H2,23,24,27,28). The summed E-state index contributed by atoms with van der Waals surface area (Å²) in [4.78, 5) is 31.3. The van der Waals surface area contributed by atoms with Crippen molar-refractivity contribution in [1.29, 1.82) is 0 Å². The fraction of sp³-hybridized carbons (Fsp3) is 0.0526. The molecule has 0 aliphatic rings. The van der Waals surface area contributed by atoms with Crippen LogP contribution in [0.1, 0.15) is 5.56 Å². The summed E-state index contributed by atoms with van der Waals surface area (Å²) >= 11 is 0. The van der Waals surface area contributed by atoms with Crippen molar-refractivity contribution in [3.8, 4) is 34.5 Å². The zero-order valence-corrected chi connectivity index (χ0v) is 14.9. The number of aromatic nitrogens is 4. The number of nitrogens with one attached hydrogen (secondary N) is 2. The molecular formula is C19H11F3N4O4. The Hall–Kier alpha value is -4.15. The van der Waals surface area contributed by atoms with Gasteiger partial charge in [0, 0.05) is 11.6 Å². The number of halogens is 3. The summed E-state index contributed by atoms with van der Waals surface area (Å²) in [7, 11) is 0. The second-order valence-corrected chi connectivity index (χ2v) is 6.07. The van der Waals surface area contributed by atoms with E-state index >= 15 is 0 Å². The number of hydrogen-bond acceptors (Lipinski definition) is 6. The van der Waals surface area contributed by atoms with Gasteiger partial charge in [-0.1, -0.05) is 5.16 Å². The number of alkyl halides is 3. The van der Waals surface area contributed by atoms with E-state index in [0.717, 1.165) is 18.2 Å². The molecule has 0 unspecified atom stereocenters. The van der Waals surface area contributed by atoms with E-state index in [1.54, 1.807) is 24.3 Å². The van der Waals surface area contributed by atoms with Crippen molar-refractivity contribution in [2.45, 2.75) is 6.18 Å². The molecule has 0 fully saturated rings. The van der Waals surface area contributed by atoms with Gasteiger partial charge in [-0.05, 0) is 48.5 Å². The summed E-state index contributed by atoms with van der Waals surface area (Å²) in [6, 6.07) is 11.8. The van der Waals surface area contributed by atoms with Gasteiger partial charge in [-0.25, -0.2) is 4.79 Å². The molecule has 2 heterocycles. The Bertz CT molecular complexity index is 1260. The monoisotopic (exact) mass is 416 g/mol. The first-order valence-corrected chi connectivity index (χ1v) is 8.41. The number of nitrogens with zero attached hydrogens (tertiary/aromatic N) is 2. The normalized spacial score (nSPS) is 11.4. The molecule has 0 saturated carbocycles. The Morgan fingerprint density at radius 1 is 0.900 bits per heavy atom. The summed E-state index contributed by atoms with van der Waals surface area (Å²) in [6.07, 6.45) is -4.41. The number of H-pyrrole nitrogens is 2. The Balaban J connectivity index is 1.51. The minimum absolute atomic E-state index is 0.0433. The van der Waals surface area contributed by atoms with E-state index in [-0.39, 0.29) is 23.2 Å². The van der Waals surface area contributed by atoms with Crippen molar-refractivity contribution >= 4 is 0 Å². The molecule has 2 aromatic heterocycles. The van der Waals surface area contributed by atoms with E-state index in [9.17, 15) is 22.8 Å². The predicted octanol–water partition coefficient (Wildman–Crippen LogP) is 3.59. The molecular weight excluding hydrogens is 405 g/mol. The van der Waals surface area contributed by atoms with Crippen LogP contribution in [0, 0.1) is 0 Å². The third kappa shape index (κ3) is 4.14. The van der Waals surface area contributed by atoms with Crippen LogP contribution in [0.15, 0.2) is 68.7 Å². The fourth-order valence-electron chi connectivity index (χ4n) is 2.55. The lowest BCUT2D eigenvalue weighted by molar-refractivity contribution is -0.137. The SMILES string of the molecule is O=c1cc(-c2nc(-c3ccc(Oc4ccc(C(F)(F)F)cc4)cc3)no2)[nH]c(=O)[nH]1. The van der Waals surface area contributed by atoms with Crippen molar-refractivity contribution in [3.63, 3.8) is 0 Å². The van der Waals surface area contributed by atoms with Gasteiger partial charge < -0.3 is 14.2 Å². The molecule has 0 atom stereocenters. The molecule has 0 radical (unpaired) electrons. The highest BCUT2D eigenvalue weighted by Crippen LogP contribution is 2.31. The van der Waals surface area contributed by atoms with E-state index in [1.807, 2.05) is 4.98 Å². The molecule has 0 saturated heterocycles. The lowest BCUT2D eigenvalue weighted by Crippen LogP contribution is -2.21. The third-order valence-corrected chi connectivity index (χ3v) is 3.95. The van der Waals surface area contributed by atoms with Gasteiger partial charge in [-0.15, -0.1) is 0 Å². The number of rotatable bonds is 4. The van der Waals surface area contributed by atoms with Gasteiger partial charge in [0.1, 0.15) is 17.2 Å². The highest BCUT2D eigenvalue weighted by atomic mass is 19.4. The van der Waals surface area contributed by atoms with Gasteiger partial charge in [0.25, 0.3) is 11.4 Å². The zero-order chi connectivity index (χ0) is 21.3. The van der Waals surface area contributed by atoms with E-state index in [1.165, 1.54) is 12.1 Å². The van der Waals surface area contributed by atoms with Gasteiger partial charge in [0.15, 0.2) is 0 Å². The summed E-state index contributed by atoms with van der Waals surface area (Å²) in [6.45, 7) is 0.